The van der Waals surface area contributed by atoms with Crippen LogP contribution in [0.25, 0.3) is 0 Å². The van der Waals surface area contributed by atoms with E-state index in [2.05, 4.69) is 15.4 Å². The summed E-state index contributed by atoms with van der Waals surface area (Å²) >= 11 is 0.975. The summed E-state index contributed by atoms with van der Waals surface area (Å²) in [5.74, 6) is -0.508. The molecule has 132 valence electrons. The Hall–Kier alpha value is -2.12. The number of rotatable bonds is 5. The van der Waals surface area contributed by atoms with Crippen molar-refractivity contribution in [2.45, 2.75) is 19.4 Å². The molecular formula is C18H19F2N3OS. The number of thiophene rings is 1. The second-order valence-electron chi connectivity index (χ2n) is 6.08. The Balaban J connectivity index is 1.50. The summed E-state index contributed by atoms with van der Waals surface area (Å²) in [5, 5.41) is 3.63. The van der Waals surface area contributed by atoms with Crippen LogP contribution in [0.5, 0.6) is 0 Å². The molecule has 0 spiro atoms. The normalized spacial score (nSPS) is 18.6. The largest absolute Gasteiger partial charge is 0.298 e. The number of carbonyl (C=O) groups is 1. The van der Waals surface area contributed by atoms with Gasteiger partial charge in [0, 0.05) is 13.1 Å². The Morgan fingerprint density at radius 2 is 2.08 bits per heavy atom. The van der Waals surface area contributed by atoms with Gasteiger partial charge in [0.25, 0.3) is 0 Å². The molecule has 1 saturated heterocycles. The summed E-state index contributed by atoms with van der Waals surface area (Å²) < 4.78 is 25.9. The van der Waals surface area contributed by atoms with Crippen molar-refractivity contribution >= 4 is 23.5 Å². The molecule has 1 aromatic carbocycles. The molecule has 1 N–H and O–H groups in total. The van der Waals surface area contributed by atoms with Crippen molar-refractivity contribution in [3.05, 3.63) is 57.8 Å². The van der Waals surface area contributed by atoms with Gasteiger partial charge in [0.05, 0.1) is 17.0 Å². The van der Waals surface area contributed by atoms with Crippen LogP contribution in [0.2, 0.25) is 0 Å². The Kier molecular flexibility index (Phi) is 5.88. The third kappa shape index (κ3) is 5.17. The van der Waals surface area contributed by atoms with E-state index >= 15 is 0 Å². The molecule has 0 radical (unpaired) electrons. The quantitative estimate of drug-likeness (QED) is 0.654. The van der Waals surface area contributed by atoms with Crippen molar-refractivity contribution in [3.8, 4) is 0 Å². The molecule has 1 fully saturated rings. The van der Waals surface area contributed by atoms with E-state index in [9.17, 15) is 13.6 Å². The first-order valence-electron chi connectivity index (χ1n) is 8.15. The number of hydrazone groups is 1. The van der Waals surface area contributed by atoms with E-state index in [0.29, 0.717) is 18.0 Å². The van der Waals surface area contributed by atoms with Crippen LogP contribution < -0.4 is 5.43 Å². The lowest BCUT2D eigenvalue weighted by molar-refractivity contribution is -0.126. The number of nitrogens with zero attached hydrogens (tertiary/aromatic N) is 2. The van der Waals surface area contributed by atoms with Crippen LogP contribution in [0.3, 0.4) is 0 Å². The van der Waals surface area contributed by atoms with Crippen molar-refractivity contribution in [3.63, 3.8) is 0 Å². The number of amides is 1. The van der Waals surface area contributed by atoms with Gasteiger partial charge < -0.3 is 0 Å². The molecule has 25 heavy (non-hydrogen) atoms. The van der Waals surface area contributed by atoms with Crippen LogP contribution >= 0.6 is 11.3 Å². The van der Waals surface area contributed by atoms with Gasteiger partial charge in [-0.1, -0.05) is 12.1 Å². The van der Waals surface area contributed by atoms with Crippen LogP contribution in [0.4, 0.5) is 8.78 Å². The van der Waals surface area contributed by atoms with Gasteiger partial charge >= 0.3 is 0 Å². The average molecular weight is 363 g/mol. The number of carbonyl (C=O) groups excluding carboxylic acids is 1. The number of hydrogen-bond acceptors (Lipinski definition) is 4. The Bertz CT molecular complexity index is 745. The molecule has 1 aliphatic rings. The van der Waals surface area contributed by atoms with E-state index in [4.69, 9.17) is 0 Å². The molecule has 1 amide bonds. The number of halogens is 2. The fourth-order valence-electron chi connectivity index (χ4n) is 2.91. The van der Waals surface area contributed by atoms with E-state index in [-0.39, 0.29) is 22.8 Å². The number of hydrogen-bond donors (Lipinski definition) is 1. The highest BCUT2D eigenvalue weighted by Gasteiger charge is 2.25. The lowest BCUT2D eigenvalue weighted by Gasteiger charge is -2.31. The Labute approximate surface area is 149 Å². The summed E-state index contributed by atoms with van der Waals surface area (Å²) in [5.41, 5.74) is 3.57. The van der Waals surface area contributed by atoms with Crippen LogP contribution in [-0.4, -0.2) is 30.1 Å². The van der Waals surface area contributed by atoms with Crippen LogP contribution in [0.1, 0.15) is 23.3 Å². The molecule has 1 aromatic heterocycles. The maximum absolute atomic E-state index is 13.0. The minimum Gasteiger partial charge on any atom is -0.298 e. The van der Waals surface area contributed by atoms with Gasteiger partial charge in [-0.3, -0.25) is 9.69 Å². The molecule has 2 aromatic rings. The maximum atomic E-state index is 13.0. The first kappa shape index (κ1) is 17.7. The van der Waals surface area contributed by atoms with Gasteiger partial charge in [0.2, 0.25) is 5.91 Å². The minimum atomic E-state index is -0.281. The van der Waals surface area contributed by atoms with Gasteiger partial charge in [-0.25, -0.2) is 9.82 Å². The van der Waals surface area contributed by atoms with Crippen molar-refractivity contribution in [2.75, 3.05) is 13.1 Å². The zero-order valence-corrected chi connectivity index (χ0v) is 14.4. The van der Waals surface area contributed by atoms with Crippen LogP contribution in [0, 0.1) is 16.9 Å². The summed E-state index contributed by atoms with van der Waals surface area (Å²) in [6, 6.07) is 9.41. The summed E-state index contributed by atoms with van der Waals surface area (Å²) in [7, 11) is 0. The monoisotopic (exact) mass is 363 g/mol. The van der Waals surface area contributed by atoms with E-state index in [1.54, 1.807) is 18.2 Å². The second-order valence-corrected chi connectivity index (χ2v) is 7.14. The highest BCUT2D eigenvalue weighted by atomic mass is 32.1. The number of benzene rings is 1. The van der Waals surface area contributed by atoms with Crippen molar-refractivity contribution < 1.29 is 13.6 Å². The molecule has 7 heteroatoms. The predicted octanol–water partition coefficient (Wildman–Crippen LogP) is 3.39. The van der Waals surface area contributed by atoms with Crippen LogP contribution in [0.15, 0.2) is 41.5 Å². The van der Waals surface area contributed by atoms with Gasteiger partial charge in [0.15, 0.2) is 5.13 Å². The van der Waals surface area contributed by atoms with Crippen molar-refractivity contribution in [1.29, 1.82) is 0 Å². The molecule has 1 atom stereocenters. The minimum absolute atomic E-state index is 0.128. The lowest BCUT2D eigenvalue weighted by atomic mass is 9.97. The third-order valence-corrected chi connectivity index (χ3v) is 4.96. The molecule has 0 aliphatic carbocycles. The van der Waals surface area contributed by atoms with Gasteiger partial charge in [-0.2, -0.15) is 9.49 Å². The van der Waals surface area contributed by atoms with E-state index in [1.807, 2.05) is 0 Å². The molecule has 0 bridgehead atoms. The SMILES string of the molecule is O=C(NN=Cc1ccc(F)s1)C1CCCN(Cc2ccc(F)cc2)C1. The fourth-order valence-corrected chi connectivity index (χ4v) is 3.51. The van der Waals surface area contributed by atoms with Gasteiger partial charge in [-0.05, 0) is 49.2 Å². The molecule has 0 saturated carbocycles. The third-order valence-electron chi connectivity index (χ3n) is 4.16. The standard InChI is InChI=1S/C18H19F2N3OS/c19-15-5-3-13(4-6-15)11-23-9-1-2-14(12-23)18(24)22-21-10-16-7-8-17(20)25-16/h3-8,10,14H,1-2,9,11-12H2,(H,22,24). The summed E-state index contributed by atoms with van der Waals surface area (Å²) in [6.07, 6.45) is 3.19. The number of nitrogens with one attached hydrogen (secondary N) is 1. The van der Waals surface area contributed by atoms with E-state index in [0.717, 1.165) is 36.3 Å². The van der Waals surface area contributed by atoms with E-state index in [1.165, 1.54) is 24.4 Å². The highest BCUT2D eigenvalue weighted by molar-refractivity contribution is 7.12. The molecule has 1 unspecified atom stereocenters. The predicted molar refractivity (Wildman–Crippen MR) is 94.4 cm³/mol. The second kappa shape index (κ2) is 8.31. The van der Waals surface area contributed by atoms with Crippen molar-refractivity contribution in [1.82, 2.24) is 10.3 Å². The molecular weight excluding hydrogens is 344 g/mol. The van der Waals surface area contributed by atoms with Crippen LogP contribution in [-0.2, 0) is 11.3 Å². The smallest absolute Gasteiger partial charge is 0.244 e. The van der Waals surface area contributed by atoms with E-state index < -0.39 is 0 Å². The Morgan fingerprint density at radius 3 is 2.80 bits per heavy atom. The molecule has 1 aliphatic heterocycles. The Morgan fingerprint density at radius 1 is 1.28 bits per heavy atom. The maximum Gasteiger partial charge on any atom is 0.244 e. The fraction of sp³-hybridized carbons (Fsp3) is 0.333. The summed E-state index contributed by atoms with van der Waals surface area (Å²) in [4.78, 5) is 15.1. The van der Waals surface area contributed by atoms with Gasteiger partial charge in [0.1, 0.15) is 5.82 Å². The van der Waals surface area contributed by atoms with Crippen molar-refractivity contribution in [2.24, 2.45) is 11.0 Å². The first-order valence-corrected chi connectivity index (χ1v) is 8.97. The lowest BCUT2D eigenvalue weighted by Crippen LogP contribution is -2.41. The number of piperidine rings is 1. The topological polar surface area (TPSA) is 44.7 Å². The first-order chi connectivity index (χ1) is 12.1. The molecule has 3 rings (SSSR count). The zero-order valence-electron chi connectivity index (χ0n) is 13.6. The molecule has 2 heterocycles. The highest BCUT2D eigenvalue weighted by Crippen LogP contribution is 2.19. The summed E-state index contributed by atoms with van der Waals surface area (Å²) in [6.45, 7) is 2.26. The number of likely N-dealkylation sites (tertiary alicyclic amines) is 1. The van der Waals surface area contributed by atoms with Gasteiger partial charge in [-0.15, -0.1) is 11.3 Å². The molecule has 4 nitrogen and oxygen atoms in total. The zero-order chi connectivity index (χ0) is 17.6. The average Bonchev–Trinajstić information content (AvgIpc) is 3.02.